The first-order valence-corrected chi connectivity index (χ1v) is 7.72. The fraction of sp³-hybridized carbons (Fsp3) is 0.222. The highest BCUT2D eigenvalue weighted by Gasteiger charge is 2.18. The lowest BCUT2D eigenvalue weighted by Gasteiger charge is -2.09. The number of carbonyl (C=O) groups excluding carboxylic acids is 1. The maximum absolute atomic E-state index is 11.9. The Bertz CT molecular complexity index is 785. The molecule has 0 radical (unpaired) electrons. The van der Waals surface area contributed by atoms with Crippen molar-refractivity contribution >= 4 is 17.3 Å². The van der Waals surface area contributed by atoms with E-state index >= 15 is 0 Å². The van der Waals surface area contributed by atoms with E-state index in [4.69, 9.17) is 10.00 Å². The van der Waals surface area contributed by atoms with E-state index in [1.807, 2.05) is 36.4 Å². The van der Waals surface area contributed by atoms with Gasteiger partial charge in [0.05, 0.1) is 23.2 Å². The highest BCUT2D eigenvalue weighted by molar-refractivity contribution is 5.91. The van der Waals surface area contributed by atoms with Crippen molar-refractivity contribution in [2.45, 2.75) is 19.4 Å². The van der Waals surface area contributed by atoms with Gasteiger partial charge in [-0.05, 0) is 24.1 Å². The minimum atomic E-state index is -0.643. The largest absolute Gasteiger partial charge is 0.462 e. The number of nitro groups is 1. The van der Waals surface area contributed by atoms with Crippen molar-refractivity contribution in [2.24, 2.45) is 0 Å². The zero-order valence-corrected chi connectivity index (χ0v) is 13.5. The van der Waals surface area contributed by atoms with Gasteiger partial charge in [-0.2, -0.15) is 5.26 Å². The molecule has 25 heavy (non-hydrogen) atoms. The molecule has 0 atom stereocenters. The number of benzene rings is 2. The van der Waals surface area contributed by atoms with Crippen LogP contribution in [0, 0.1) is 21.4 Å². The van der Waals surface area contributed by atoms with Gasteiger partial charge in [0.2, 0.25) is 0 Å². The lowest BCUT2D eigenvalue weighted by molar-refractivity contribution is -0.384. The van der Waals surface area contributed by atoms with Gasteiger partial charge in [0.25, 0.3) is 5.69 Å². The molecule has 0 spiro atoms. The van der Waals surface area contributed by atoms with Crippen molar-refractivity contribution < 1.29 is 14.5 Å². The van der Waals surface area contributed by atoms with Gasteiger partial charge in [0.1, 0.15) is 5.69 Å². The first-order valence-electron chi connectivity index (χ1n) is 7.72. The molecule has 1 N–H and O–H groups in total. The minimum absolute atomic E-state index is 0.105. The van der Waals surface area contributed by atoms with E-state index in [0.717, 1.165) is 5.56 Å². The number of anilines is 1. The lowest BCUT2D eigenvalue weighted by atomic mass is 10.1. The fourth-order valence-electron chi connectivity index (χ4n) is 2.15. The minimum Gasteiger partial charge on any atom is -0.462 e. The van der Waals surface area contributed by atoms with E-state index in [-0.39, 0.29) is 24.3 Å². The van der Waals surface area contributed by atoms with Gasteiger partial charge >= 0.3 is 5.97 Å². The monoisotopic (exact) mass is 339 g/mol. The summed E-state index contributed by atoms with van der Waals surface area (Å²) in [6, 6.07) is 15.6. The van der Waals surface area contributed by atoms with Crippen LogP contribution in [0.1, 0.15) is 28.8 Å². The number of carbonyl (C=O) groups is 1. The number of rotatable bonds is 8. The third-order valence-electron chi connectivity index (χ3n) is 3.42. The Morgan fingerprint density at radius 2 is 2.00 bits per heavy atom. The smallest absolute Gasteiger partial charge is 0.338 e. The highest BCUT2D eigenvalue weighted by atomic mass is 16.6. The Morgan fingerprint density at radius 3 is 2.68 bits per heavy atom. The Morgan fingerprint density at radius 1 is 1.24 bits per heavy atom. The van der Waals surface area contributed by atoms with Gasteiger partial charge in [-0.1, -0.05) is 30.3 Å². The Labute approximate surface area is 145 Å². The maximum Gasteiger partial charge on any atom is 0.338 e. The predicted molar refractivity (Wildman–Crippen MR) is 92.0 cm³/mol. The zero-order valence-electron chi connectivity index (χ0n) is 13.5. The van der Waals surface area contributed by atoms with E-state index in [9.17, 15) is 14.9 Å². The van der Waals surface area contributed by atoms with E-state index in [0.29, 0.717) is 18.7 Å². The van der Waals surface area contributed by atoms with Crippen LogP contribution in [0.25, 0.3) is 0 Å². The molecule has 0 bridgehead atoms. The second-order valence-corrected chi connectivity index (χ2v) is 5.23. The number of nitrogens with one attached hydrogen (secondary N) is 1. The van der Waals surface area contributed by atoms with Crippen molar-refractivity contribution in [3.8, 4) is 6.07 Å². The number of hydrogen-bond acceptors (Lipinski definition) is 6. The second-order valence-electron chi connectivity index (χ2n) is 5.23. The summed E-state index contributed by atoms with van der Waals surface area (Å²) in [7, 11) is 0. The van der Waals surface area contributed by atoms with Crippen molar-refractivity contribution in [1.29, 1.82) is 5.26 Å². The molecular formula is C18H17N3O4. The number of hydrogen-bond donors (Lipinski definition) is 1. The molecule has 0 saturated heterocycles. The average Bonchev–Trinajstić information content (AvgIpc) is 2.64. The number of nitro benzene ring substituents is 1. The standard InChI is InChI=1S/C18H17N3O4/c19-10-4-5-11-25-18(22)15-8-9-16(17(12-15)21(23)24)20-13-14-6-2-1-3-7-14/h1-3,6-9,12,20H,4-5,11,13H2. The fourth-order valence-corrected chi connectivity index (χ4v) is 2.15. The molecule has 0 saturated carbocycles. The van der Waals surface area contributed by atoms with E-state index < -0.39 is 10.9 Å². The third kappa shape index (κ3) is 5.32. The molecule has 0 aromatic heterocycles. The van der Waals surface area contributed by atoms with Crippen molar-refractivity contribution in [3.63, 3.8) is 0 Å². The Hall–Kier alpha value is -3.40. The zero-order chi connectivity index (χ0) is 18.1. The summed E-state index contributed by atoms with van der Waals surface area (Å²) in [5.41, 5.74) is 1.23. The molecule has 0 aliphatic carbocycles. The summed E-state index contributed by atoms with van der Waals surface area (Å²) < 4.78 is 5.00. The third-order valence-corrected chi connectivity index (χ3v) is 3.42. The van der Waals surface area contributed by atoms with Crippen LogP contribution in [0.2, 0.25) is 0 Å². The van der Waals surface area contributed by atoms with Crippen molar-refractivity contribution in [1.82, 2.24) is 0 Å². The van der Waals surface area contributed by atoms with E-state index in [1.54, 1.807) is 0 Å². The van der Waals surface area contributed by atoms with Crippen LogP contribution < -0.4 is 5.32 Å². The molecule has 2 aromatic carbocycles. The first kappa shape index (κ1) is 17.9. The van der Waals surface area contributed by atoms with Crippen LogP contribution in [-0.2, 0) is 11.3 Å². The highest BCUT2D eigenvalue weighted by Crippen LogP contribution is 2.26. The summed E-state index contributed by atoms with van der Waals surface area (Å²) in [5.74, 6) is -0.643. The maximum atomic E-state index is 11.9. The van der Waals surface area contributed by atoms with Crippen molar-refractivity contribution in [2.75, 3.05) is 11.9 Å². The molecule has 0 amide bonds. The molecule has 0 heterocycles. The average molecular weight is 339 g/mol. The van der Waals surface area contributed by atoms with Crippen LogP contribution in [0.15, 0.2) is 48.5 Å². The molecule has 0 unspecified atom stereocenters. The quantitative estimate of drug-likeness (QED) is 0.340. The summed E-state index contributed by atoms with van der Waals surface area (Å²) in [6.07, 6.45) is 0.719. The first-order chi connectivity index (χ1) is 12.1. The molecule has 128 valence electrons. The summed E-state index contributed by atoms with van der Waals surface area (Å²) in [6.45, 7) is 0.536. The normalized spacial score (nSPS) is 9.88. The molecule has 7 heteroatoms. The van der Waals surface area contributed by atoms with Crippen LogP contribution in [0.4, 0.5) is 11.4 Å². The summed E-state index contributed by atoms with van der Waals surface area (Å²) >= 11 is 0. The lowest BCUT2D eigenvalue weighted by Crippen LogP contribution is -2.08. The van der Waals surface area contributed by atoms with Gasteiger partial charge in [-0.15, -0.1) is 0 Å². The van der Waals surface area contributed by atoms with Crippen LogP contribution in [0.5, 0.6) is 0 Å². The van der Waals surface area contributed by atoms with Crippen LogP contribution in [-0.4, -0.2) is 17.5 Å². The molecule has 2 aromatic rings. The van der Waals surface area contributed by atoms with Gasteiger partial charge in [0, 0.05) is 19.0 Å². The molecule has 0 fully saturated rings. The van der Waals surface area contributed by atoms with Gasteiger partial charge in [-0.25, -0.2) is 4.79 Å². The predicted octanol–water partition coefficient (Wildman–Crippen LogP) is 3.67. The van der Waals surface area contributed by atoms with Gasteiger partial charge in [0.15, 0.2) is 0 Å². The summed E-state index contributed by atoms with van der Waals surface area (Å²) in [5, 5.41) is 22.7. The van der Waals surface area contributed by atoms with Gasteiger partial charge in [-0.3, -0.25) is 10.1 Å². The molecule has 0 aliphatic rings. The SMILES string of the molecule is N#CCCCOC(=O)c1ccc(NCc2ccccc2)c([N+](=O)[O-])c1. The number of nitriles is 1. The molecule has 7 nitrogen and oxygen atoms in total. The van der Waals surface area contributed by atoms with E-state index in [2.05, 4.69) is 5.32 Å². The van der Waals surface area contributed by atoms with Crippen molar-refractivity contribution in [3.05, 3.63) is 69.8 Å². The number of esters is 1. The topological polar surface area (TPSA) is 105 Å². The molecule has 2 rings (SSSR count). The molecular weight excluding hydrogens is 322 g/mol. The number of ether oxygens (including phenoxy) is 1. The van der Waals surface area contributed by atoms with Crippen LogP contribution in [0.3, 0.4) is 0 Å². The Kier molecular flexibility index (Phi) is 6.48. The number of unbranched alkanes of at least 4 members (excludes halogenated alkanes) is 1. The van der Waals surface area contributed by atoms with Crippen LogP contribution >= 0.6 is 0 Å². The molecule has 0 aliphatic heterocycles. The Balaban J connectivity index is 2.07. The summed E-state index contributed by atoms with van der Waals surface area (Å²) in [4.78, 5) is 22.7. The number of nitrogens with zero attached hydrogens (tertiary/aromatic N) is 2. The van der Waals surface area contributed by atoms with Gasteiger partial charge < -0.3 is 10.1 Å². The van der Waals surface area contributed by atoms with E-state index in [1.165, 1.54) is 18.2 Å². The second kappa shape index (κ2) is 9.03.